The van der Waals surface area contributed by atoms with E-state index in [1.54, 1.807) is 50.5 Å². The van der Waals surface area contributed by atoms with Crippen molar-refractivity contribution >= 4 is 17.8 Å². The fraction of sp³-hybridized carbons (Fsp3) is 0.407. The third-order valence-corrected chi connectivity index (χ3v) is 5.06. The van der Waals surface area contributed by atoms with Crippen LogP contribution < -0.4 is 9.47 Å². The highest BCUT2D eigenvalue weighted by Gasteiger charge is 2.11. The molecule has 0 bridgehead atoms. The molecule has 5 nitrogen and oxygen atoms in total. The molecule has 2 rings (SSSR count). The Morgan fingerprint density at radius 2 is 1.44 bits per heavy atom. The van der Waals surface area contributed by atoms with Crippen LogP contribution in [0.25, 0.3) is 6.08 Å². The van der Waals surface area contributed by atoms with Gasteiger partial charge in [-0.3, -0.25) is 9.59 Å². The number of unbranched alkanes of at least 4 members (excludes halogenated alkanes) is 2. The number of carbonyl (C=O) groups excluding carboxylic acids is 2. The van der Waals surface area contributed by atoms with E-state index < -0.39 is 0 Å². The molecular formula is C27H35NO4. The molecule has 5 heteroatoms. The second-order valence-electron chi connectivity index (χ2n) is 8.03. The zero-order chi connectivity index (χ0) is 23.5. The van der Waals surface area contributed by atoms with Crippen molar-refractivity contribution in [2.75, 3.05) is 27.3 Å². The first kappa shape index (κ1) is 25.2. The molecule has 0 spiro atoms. The molecule has 0 saturated carbocycles. The molecule has 0 heterocycles. The number of carbonyl (C=O) groups is 2. The van der Waals surface area contributed by atoms with Crippen LogP contribution in [0.2, 0.25) is 0 Å². The molecule has 1 amide bonds. The number of rotatable bonds is 12. The van der Waals surface area contributed by atoms with Crippen LogP contribution in [-0.2, 0) is 0 Å². The van der Waals surface area contributed by atoms with Gasteiger partial charge < -0.3 is 14.4 Å². The van der Waals surface area contributed by atoms with E-state index >= 15 is 0 Å². The van der Waals surface area contributed by atoms with Gasteiger partial charge in [0.2, 0.25) is 0 Å². The average Bonchev–Trinajstić information content (AvgIpc) is 2.79. The Labute approximate surface area is 192 Å². The van der Waals surface area contributed by atoms with Gasteiger partial charge in [0.05, 0.1) is 13.2 Å². The van der Waals surface area contributed by atoms with Crippen LogP contribution in [0.4, 0.5) is 0 Å². The lowest BCUT2D eigenvalue weighted by molar-refractivity contribution is 0.0827. The lowest BCUT2D eigenvalue weighted by atomic mass is 10.0. The quantitative estimate of drug-likeness (QED) is 0.234. The van der Waals surface area contributed by atoms with Gasteiger partial charge in [-0.05, 0) is 55.7 Å². The van der Waals surface area contributed by atoms with E-state index in [2.05, 4.69) is 13.8 Å². The Hall–Kier alpha value is -3.08. The largest absolute Gasteiger partial charge is 0.493 e. The van der Waals surface area contributed by atoms with E-state index in [1.807, 2.05) is 19.1 Å². The van der Waals surface area contributed by atoms with Crippen LogP contribution >= 0.6 is 0 Å². The lowest BCUT2D eigenvalue weighted by Crippen LogP contribution is -2.21. The van der Waals surface area contributed by atoms with Crippen molar-refractivity contribution in [1.29, 1.82) is 0 Å². The minimum Gasteiger partial charge on any atom is -0.493 e. The van der Waals surface area contributed by atoms with Gasteiger partial charge in [0.25, 0.3) is 5.91 Å². The zero-order valence-electron chi connectivity index (χ0n) is 19.9. The molecule has 2 aromatic carbocycles. The molecule has 0 unspecified atom stereocenters. The van der Waals surface area contributed by atoms with Crippen molar-refractivity contribution in [3.8, 4) is 11.5 Å². The maximum atomic E-state index is 12.7. The van der Waals surface area contributed by atoms with Gasteiger partial charge in [-0.1, -0.05) is 38.8 Å². The summed E-state index contributed by atoms with van der Waals surface area (Å²) in [7, 11) is 3.40. The maximum Gasteiger partial charge on any atom is 0.253 e. The fourth-order valence-corrected chi connectivity index (χ4v) is 3.05. The number of allylic oxidation sites excluding steroid dienone is 1. The summed E-state index contributed by atoms with van der Waals surface area (Å²) in [6, 6.07) is 10.6. The summed E-state index contributed by atoms with van der Waals surface area (Å²) in [5, 5.41) is 0. The Balaban J connectivity index is 2.21. The predicted octanol–water partition coefficient (Wildman–Crippen LogP) is 5.95. The number of benzene rings is 2. The SMILES string of the molecule is CCCCOc1cc(OCCCC)c(C=CC(=O)c2ccc(C(=O)N(C)C)cc2)cc1C. The summed E-state index contributed by atoms with van der Waals surface area (Å²) in [5.41, 5.74) is 2.93. The van der Waals surface area contributed by atoms with Crippen molar-refractivity contribution in [3.05, 3.63) is 64.7 Å². The fourth-order valence-electron chi connectivity index (χ4n) is 3.05. The van der Waals surface area contributed by atoms with Gasteiger partial charge in [-0.15, -0.1) is 0 Å². The van der Waals surface area contributed by atoms with Crippen molar-refractivity contribution in [2.45, 2.75) is 46.5 Å². The zero-order valence-corrected chi connectivity index (χ0v) is 19.9. The first-order valence-electron chi connectivity index (χ1n) is 11.3. The third-order valence-electron chi connectivity index (χ3n) is 5.06. The van der Waals surface area contributed by atoms with Crippen LogP contribution in [0.15, 0.2) is 42.5 Å². The second-order valence-corrected chi connectivity index (χ2v) is 8.03. The Kier molecular flexibility index (Phi) is 9.99. The number of hydrogen-bond donors (Lipinski definition) is 0. The molecule has 2 aromatic rings. The number of nitrogens with zero attached hydrogens (tertiary/aromatic N) is 1. The molecule has 0 radical (unpaired) electrons. The van der Waals surface area contributed by atoms with Gasteiger partial charge in [-0.25, -0.2) is 0 Å². The molecule has 0 fully saturated rings. The topological polar surface area (TPSA) is 55.8 Å². The first-order chi connectivity index (χ1) is 15.4. The molecule has 0 aliphatic carbocycles. The molecule has 0 aliphatic heterocycles. The summed E-state index contributed by atoms with van der Waals surface area (Å²) in [6.07, 6.45) is 7.40. The Morgan fingerprint density at radius 3 is 2.00 bits per heavy atom. The standard InChI is InChI=1S/C27H35NO4/c1-6-8-16-31-25-19-26(32-17-9-7-2)23(18-20(25)3)14-15-24(29)21-10-12-22(13-11-21)27(30)28(4)5/h10-15,18-19H,6-9,16-17H2,1-5H3. The predicted molar refractivity (Wildman–Crippen MR) is 130 cm³/mol. The van der Waals surface area contributed by atoms with Gasteiger partial charge >= 0.3 is 0 Å². The smallest absolute Gasteiger partial charge is 0.253 e. The number of ketones is 1. The monoisotopic (exact) mass is 437 g/mol. The highest BCUT2D eigenvalue weighted by molar-refractivity contribution is 6.07. The molecule has 32 heavy (non-hydrogen) atoms. The van der Waals surface area contributed by atoms with Crippen LogP contribution in [0, 0.1) is 6.92 Å². The molecule has 0 N–H and O–H groups in total. The average molecular weight is 438 g/mol. The molecule has 0 atom stereocenters. The summed E-state index contributed by atoms with van der Waals surface area (Å²) >= 11 is 0. The second kappa shape index (κ2) is 12.7. The molecule has 172 valence electrons. The minimum absolute atomic E-state index is 0.0925. The Bertz CT molecular complexity index is 929. The van der Waals surface area contributed by atoms with E-state index in [0.29, 0.717) is 30.1 Å². The van der Waals surface area contributed by atoms with Crippen molar-refractivity contribution < 1.29 is 19.1 Å². The number of hydrogen-bond acceptors (Lipinski definition) is 4. The van der Waals surface area contributed by atoms with E-state index in [-0.39, 0.29) is 11.7 Å². The molecule has 0 aliphatic rings. The maximum absolute atomic E-state index is 12.7. The summed E-state index contributed by atoms with van der Waals surface area (Å²) in [4.78, 5) is 26.2. The van der Waals surface area contributed by atoms with Crippen molar-refractivity contribution in [3.63, 3.8) is 0 Å². The van der Waals surface area contributed by atoms with Crippen LogP contribution in [0.5, 0.6) is 11.5 Å². The van der Waals surface area contributed by atoms with Crippen molar-refractivity contribution in [2.24, 2.45) is 0 Å². The first-order valence-corrected chi connectivity index (χ1v) is 11.3. The number of aryl methyl sites for hydroxylation is 1. The van der Waals surface area contributed by atoms with E-state index in [0.717, 1.165) is 42.6 Å². The summed E-state index contributed by atoms with van der Waals surface area (Å²) in [6.45, 7) is 7.54. The highest BCUT2D eigenvalue weighted by Crippen LogP contribution is 2.30. The van der Waals surface area contributed by atoms with Gasteiger partial charge in [0, 0.05) is 36.9 Å². The van der Waals surface area contributed by atoms with Crippen molar-refractivity contribution in [1.82, 2.24) is 4.90 Å². The molecule has 0 saturated heterocycles. The van der Waals surface area contributed by atoms with E-state index in [1.165, 1.54) is 4.90 Å². The van der Waals surface area contributed by atoms with Gasteiger partial charge in [0.15, 0.2) is 5.78 Å². The van der Waals surface area contributed by atoms with Crippen LogP contribution in [0.3, 0.4) is 0 Å². The minimum atomic E-state index is -0.130. The van der Waals surface area contributed by atoms with Gasteiger partial charge in [0.1, 0.15) is 11.5 Å². The summed E-state index contributed by atoms with van der Waals surface area (Å²) in [5.74, 6) is 1.31. The normalized spacial score (nSPS) is 10.9. The number of ether oxygens (including phenoxy) is 2. The highest BCUT2D eigenvalue weighted by atomic mass is 16.5. The Morgan fingerprint density at radius 1 is 0.875 bits per heavy atom. The lowest BCUT2D eigenvalue weighted by Gasteiger charge is -2.14. The summed E-state index contributed by atoms with van der Waals surface area (Å²) < 4.78 is 11.9. The molecular weight excluding hydrogens is 402 g/mol. The van der Waals surface area contributed by atoms with E-state index in [4.69, 9.17) is 9.47 Å². The van der Waals surface area contributed by atoms with Crippen LogP contribution in [-0.4, -0.2) is 43.9 Å². The van der Waals surface area contributed by atoms with E-state index in [9.17, 15) is 9.59 Å². The third kappa shape index (κ3) is 7.26. The number of amides is 1. The molecule has 0 aromatic heterocycles. The van der Waals surface area contributed by atoms with Crippen LogP contribution in [0.1, 0.15) is 71.4 Å². The van der Waals surface area contributed by atoms with Gasteiger partial charge in [-0.2, -0.15) is 0 Å².